The highest BCUT2D eigenvalue weighted by molar-refractivity contribution is 5.77. The molecule has 2 rings (SSSR count). The molecule has 1 aromatic carbocycles. The van der Waals surface area contributed by atoms with Gasteiger partial charge in [0, 0.05) is 24.9 Å². The quantitative estimate of drug-likeness (QED) is 0.277. The number of halogens is 2. The Balaban J connectivity index is 1.83. The number of hydrogen-bond acceptors (Lipinski definition) is 4. The summed E-state index contributed by atoms with van der Waals surface area (Å²) in [6, 6.07) is 6.94. The van der Waals surface area contributed by atoms with Gasteiger partial charge in [-0.25, -0.2) is 0 Å². The maximum atomic E-state index is 14.5. The summed E-state index contributed by atoms with van der Waals surface area (Å²) in [7, 11) is 0. The molecule has 2 unspecified atom stereocenters. The average Bonchev–Trinajstić information content (AvgIpc) is 2.75. The summed E-state index contributed by atoms with van der Waals surface area (Å²) in [5.41, 5.74) is -0.244. The van der Waals surface area contributed by atoms with Gasteiger partial charge in [0.05, 0.1) is 12.1 Å². The van der Waals surface area contributed by atoms with E-state index in [-0.39, 0.29) is 29.6 Å². The summed E-state index contributed by atoms with van der Waals surface area (Å²) in [5.74, 6) is -3.59. The second-order valence-electron chi connectivity index (χ2n) is 8.57. The molecule has 7 heteroatoms. The lowest BCUT2D eigenvalue weighted by Gasteiger charge is -2.34. The van der Waals surface area contributed by atoms with Crippen molar-refractivity contribution in [3.8, 4) is 0 Å². The average molecular weight is 452 g/mol. The van der Waals surface area contributed by atoms with Crippen molar-refractivity contribution >= 4 is 11.9 Å². The number of ether oxygens (including phenoxy) is 1. The first-order valence-electron chi connectivity index (χ1n) is 11.5. The molecule has 2 atom stereocenters. The van der Waals surface area contributed by atoms with Crippen LogP contribution in [0.2, 0.25) is 0 Å². The van der Waals surface area contributed by atoms with E-state index in [0.717, 1.165) is 31.8 Å². The molecule has 1 heterocycles. The minimum Gasteiger partial charge on any atom is -0.463 e. The third-order valence-corrected chi connectivity index (χ3v) is 5.55. The zero-order valence-electron chi connectivity index (χ0n) is 19.0. The number of benzene rings is 1. The van der Waals surface area contributed by atoms with Crippen molar-refractivity contribution in [1.29, 1.82) is 0 Å². The number of alkyl halides is 2. The molecule has 1 amide bonds. The molecule has 0 spiro atoms. The number of likely N-dealkylation sites (tertiary alicyclic amines) is 1. The molecule has 1 aliphatic heterocycles. The summed E-state index contributed by atoms with van der Waals surface area (Å²) in [5, 5.41) is 10.1. The molecule has 1 saturated heterocycles. The first-order valence-corrected chi connectivity index (χ1v) is 11.5. The Kier molecular flexibility index (Phi) is 10.3. The topological polar surface area (TPSA) is 66.8 Å². The van der Waals surface area contributed by atoms with Crippen LogP contribution in [0.1, 0.15) is 70.8 Å². The molecule has 0 radical (unpaired) electrons. The smallest absolute Gasteiger partial charge is 0.306 e. The van der Waals surface area contributed by atoms with E-state index in [1.807, 2.05) is 13.8 Å². The number of amides is 1. The molecule has 1 aromatic rings. The Labute approximate surface area is 189 Å². The van der Waals surface area contributed by atoms with Crippen molar-refractivity contribution in [2.45, 2.75) is 89.4 Å². The second kappa shape index (κ2) is 12.7. The summed E-state index contributed by atoms with van der Waals surface area (Å²) in [6.07, 6.45) is 6.06. The lowest BCUT2D eigenvalue weighted by atomic mass is 9.98. The van der Waals surface area contributed by atoms with Gasteiger partial charge >= 0.3 is 11.9 Å². The van der Waals surface area contributed by atoms with E-state index in [9.17, 15) is 23.5 Å². The van der Waals surface area contributed by atoms with Crippen LogP contribution in [0.4, 0.5) is 8.78 Å². The second-order valence-corrected chi connectivity index (χ2v) is 8.57. The number of aliphatic hydroxyl groups is 1. The lowest BCUT2D eigenvalue weighted by Crippen LogP contribution is -2.43. The van der Waals surface area contributed by atoms with Crippen LogP contribution in [0.15, 0.2) is 42.5 Å². The molecular weight excluding hydrogens is 416 g/mol. The molecule has 0 aromatic heterocycles. The molecule has 1 fully saturated rings. The van der Waals surface area contributed by atoms with Crippen LogP contribution >= 0.6 is 0 Å². The molecule has 0 bridgehead atoms. The Morgan fingerprint density at radius 1 is 1.22 bits per heavy atom. The Hall–Kier alpha value is -2.28. The van der Waals surface area contributed by atoms with Crippen LogP contribution in [0.3, 0.4) is 0 Å². The van der Waals surface area contributed by atoms with Gasteiger partial charge in [-0.15, -0.1) is 0 Å². The van der Waals surface area contributed by atoms with E-state index >= 15 is 0 Å². The number of rotatable bonds is 12. The van der Waals surface area contributed by atoms with Gasteiger partial charge in [0.25, 0.3) is 0 Å². The maximum Gasteiger partial charge on any atom is 0.306 e. The largest absolute Gasteiger partial charge is 0.463 e. The molecule has 0 aliphatic carbocycles. The summed E-state index contributed by atoms with van der Waals surface area (Å²) in [4.78, 5) is 25.7. The Morgan fingerprint density at radius 2 is 1.91 bits per heavy atom. The minimum absolute atomic E-state index is 0.00993. The lowest BCUT2D eigenvalue weighted by molar-refractivity contribution is -0.147. The molecule has 32 heavy (non-hydrogen) atoms. The summed E-state index contributed by atoms with van der Waals surface area (Å²) in [6.45, 7) is 4.18. The predicted molar refractivity (Wildman–Crippen MR) is 119 cm³/mol. The number of nitrogens with zero attached hydrogens (tertiary/aromatic N) is 1. The first kappa shape index (κ1) is 26.0. The van der Waals surface area contributed by atoms with Gasteiger partial charge in [-0.1, -0.05) is 55.3 Å². The van der Waals surface area contributed by atoms with Gasteiger partial charge in [0.2, 0.25) is 5.91 Å². The molecule has 5 nitrogen and oxygen atoms in total. The zero-order chi connectivity index (χ0) is 23.6. The van der Waals surface area contributed by atoms with Crippen LogP contribution in [-0.4, -0.2) is 46.7 Å². The Bertz CT molecular complexity index is 752. The van der Waals surface area contributed by atoms with Crippen LogP contribution in [0.25, 0.3) is 0 Å². The number of esters is 1. The van der Waals surface area contributed by atoms with Gasteiger partial charge in [-0.3, -0.25) is 9.59 Å². The fourth-order valence-electron chi connectivity index (χ4n) is 3.85. The van der Waals surface area contributed by atoms with Crippen molar-refractivity contribution in [2.24, 2.45) is 0 Å². The predicted octanol–water partition coefficient (Wildman–Crippen LogP) is 4.98. The van der Waals surface area contributed by atoms with E-state index in [2.05, 4.69) is 0 Å². The van der Waals surface area contributed by atoms with Gasteiger partial charge in [0.15, 0.2) is 0 Å². The minimum atomic E-state index is -3.40. The molecular formula is C25H35F2NO4. The molecule has 1 N–H and O–H groups in total. The van der Waals surface area contributed by atoms with E-state index in [0.29, 0.717) is 32.2 Å². The van der Waals surface area contributed by atoms with Crippen molar-refractivity contribution in [1.82, 2.24) is 4.90 Å². The fraction of sp³-hybridized carbons (Fsp3) is 0.600. The SMILES string of the molecule is CC(C)OC(=O)CCCCCCN1C(=O)CCCC1C=CC(O)C(F)(F)c1ccccc1. The maximum absolute atomic E-state index is 14.5. The molecule has 1 aliphatic rings. The van der Waals surface area contributed by atoms with Crippen LogP contribution in [0, 0.1) is 0 Å². The van der Waals surface area contributed by atoms with E-state index in [4.69, 9.17) is 4.74 Å². The number of aliphatic hydroxyl groups excluding tert-OH is 1. The van der Waals surface area contributed by atoms with Crippen molar-refractivity contribution in [3.05, 3.63) is 48.0 Å². The van der Waals surface area contributed by atoms with Gasteiger partial charge < -0.3 is 14.7 Å². The van der Waals surface area contributed by atoms with E-state index in [1.165, 1.54) is 24.3 Å². The fourth-order valence-corrected chi connectivity index (χ4v) is 3.85. The number of carbonyl (C=O) groups excluding carboxylic acids is 2. The monoisotopic (exact) mass is 451 g/mol. The number of unbranched alkanes of at least 4 members (excludes halogenated alkanes) is 3. The van der Waals surface area contributed by atoms with Gasteiger partial charge in [-0.05, 0) is 39.5 Å². The first-order chi connectivity index (χ1) is 15.2. The number of hydrogen-bond donors (Lipinski definition) is 1. The van der Waals surface area contributed by atoms with Gasteiger partial charge in [-0.2, -0.15) is 8.78 Å². The standard InChI is InChI=1S/C25H35F2NO4/c1-19(2)32-24(31)15-8-3-4-9-18-28-21(13-10-14-23(28)30)16-17-22(29)25(26,27)20-11-6-5-7-12-20/h5-7,11-12,16-17,19,21-22,29H,3-4,8-10,13-15,18H2,1-2H3. The molecule has 178 valence electrons. The van der Waals surface area contributed by atoms with E-state index < -0.39 is 12.0 Å². The van der Waals surface area contributed by atoms with Crippen molar-refractivity contribution in [2.75, 3.05) is 6.54 Å². The number of piperidine rings is 1. The summed E-state index contributed by atoms with van der Waals surface area (Å²) >= 11 is 0. The highest BCUT2D eigenvalue weighted by atomic mass is 19.3. The third-order valence-electron chi connectivity index (χ3n) is 5.55. The van der Waals surface area contributed by atoms with E-state index in [1.54, 1.807) is 17.0 Å². The molecule has 0 saturated carbocycles. The van der Waals surface area contributed by atoms with Crippen LogP contribution in [-0.2, 0) is 20.2 Å². The highest BCUT2D eigenvalue weighted by Gasteiger charge is 2.39. The number of carbonyl (C=O) groups is 2. The third kappa shape index (κ3) is 8.01. The van der Waals surface area contributed by atoms with Crippen LogP contribution in [0.5, 0.6) is 0 Å². The normalized spacial score (nSPS) is 18.4. The highest BCUT2D eigenvalue weighted by Crippen LogP contribution is 2.32. The zero-order valence-corrected chi connectivity index (χ0v) is 19.0. The van der Waals surface area contributed by atoms with Crippen molar-refractivity contribution < 1.29 is 28.2 Å². The van der Waals surface area contributed by atoms with Gasteiger partial charge in [0.1, 0.15) is 6.10 Å². The van der Waals surface area contributed by atoms with Crippen molar-refractivity contribution in [3.63, 3.8) is 0 Å². The van der Waals surface area contributed by atoms with Crippen LogP contribution < -0.4 is 0 Å². The Morgan fingerprint density at radius 3 is 2.59 bits per heavy atom. The summed E-state index contributed by atoms with van der Waals surface area (Å²) < 4.78 is 34.1.